The van der Waals surface area contributed by atoms with Crippen LogP contribution < -0.4 is 11.1 Å². The van der Waals surface area contributed by atoms with E-state index in [0.29, 0.717) is 10.7 Å². The molecule has 1 aromatic carbocycles. The molecule has 2 rings (SSSR count). The van der Waals surface area contributed by atoms with E-state index in [-0.39, 0.29) is 11.8 Å². The van der Waals surface area contributed by atoms with Crippen LogP contribution in [0.1, 0.15) is 11.1 Å². The van der Waals surface area contributed by atoms with E-state index in [1.807, 2.05) is 19.9 Å². The number of anilines is 3. The molecule has 2 aromatic rings. The molecule has 1 aromatic heterocycles. The molecule has 18 heavy (non-hydrogen) atoms. The average Bonchev–Trinajstić information content (AvgIpc) is 2.28. The number of nitrogen functional groups attached to an aromatic ring is 1. The van der Waals surface area contributed by atoms with Gasteiger partial charge in [-0.05, 0) is 31.0 Å². The van der Waals surface area contributed by atoms with Gasteiger partial charge in [0.1, 0.15) is 0 Å². The van der Waals surface area contributed by atoms with Crippen LogP contribution in [0.4, 0.5) is 21.8 Å². The summed E-state index contributed by atoms with van der Waals surface area (Å²) in [7, 11) is 0. The maximum Gasteiger partial charge on any atom is 0.222 e. The van der Waals surface area contributed by atoms with Gasteiger partial charge < -0.3 is 11.1 Å². The Hall–Kier alpha value is -1.88. The zero-order chi connectivity index (χ0) is 13.3. The summed E-state index contributed by atoms with van der Waals surface area (Å²) in [5, 5.41) is 3.34. The van der Waals surface area contributed by atoms with Gasteiger partial charge in [-0.1, -0.05) is 17.7 Å². The number of nitrogens with two attached hydrogens (primary N) is 1. The van der Waals surface area contributed by atoms with Crippen molar-refractivity contribution in [3.63, 3.8) is 0 Å². The molecule has 0 spiro atoms. The van der Waals surface area contributed by atoms with Crippen molar-refractivity contribution in [1.29, 1.82) is 0 Å². The minimum Gasteiger partial charge on any atom is -0.368 e. The normalized spacial score (nSPS) is 10.4. The summed E-state index contributed by atoms with van der Waals surface area (Å²) in [6, 6.07) is 3.73. The lowest BCUT2D eigenvalue weighted by molar-refractivity contribution is 0.620. The van der Waals surface area contributed by atoms with Crippen LogP contribution in [-0.4, -0.2) is 9.97 Å². The van der Waals surface area contributed by atoms with E-state index in [2.05, 4.69) is 15.3 Å². The van der Waals surface area contributed by atoms with Gasteiger partial charge in [0.25, 0.3) is 0 Å². The standard InChI is InChI=1S/C12H12ClFN4/c1-6-3-7(2)10(8(13)4-6)17-11-9(14)5-16-12(15)18-11/h3-5H,1-2H3,(H3,15,16,17,18). The van der Waals surface area contributed by atoms with E-state index < -0.39 is 5.82 Å². The highest BCUT2D eigenvalue weighted by Crippen LogP contribution is 2.30. The van der Waals surface area contributed by atoms with Gasteiger partial charge in [0.2, 0.25) is 5.95 Å². The van der Waals surface area contributed by atoms with Crippen molar-refractivity contribution < 1.29 is 4.39 Å². The Bertz CT molecular complexity index is 578. The average molecular weight is 267 g/mol. The van der Waals surface area contributed by atoms with Gasteiger partial charge in [-0.25, -0.2) is 9.37 Å². The Morgan fingerprint density at radius 1 is 1.33 bits per heavy atom. The number of hydrogen-bond acceptors (Lipinski definition) is 4. The molecule has 94 valence electrons. The molecule has 0 atom stereocenters. The van der Waals surface area contributed by atoms with E-state index in [4.69, 9.17) is 17.3 Å². The molecule has 0 amide bonds. The molecule has 0 bridgehead atoms. The van der Waals surface area contributed by atoms with Gasteiger partial charge in [-0.3, -0.25) is 0 Å². The van der Waals surface area contributed by atoms with Gasteiger partial charge in [0, 0.05) is 0 Å². The Labute approximate surface area is 109 Å². The van der Waals surface area contributed by atoms with Crippen LogP contribution in [0.3, 0.4) is 0 Å². The first-order chi connectivity index (χ1) is 8.47. The molecule has 0 fully saturated rings. The highest BCUT2D eigenvalue weighted by Gasteiger charge is 2.10. The molecule has 1 heterocycles. The molecular weight excluding hydrogens is 255 g/mol. The van der Waals surface area contributed by atoms with Crippen LogP contribution in [0.25, 0.3) is 0 Å². The Morgan fingerprint density at radius 2 is 2.06 bits per heavy atom. The van der Waals surface area contributed by atoms with E-state index in [9.17, 15) is 4.39 Å². The van der Waals surface area contributed by atoms with Crippen LogP contribution in [0.5, 0.6) is 0 Å². The lowest BCUT2D eigenvalue weighted by Crippen LogP contribution is -2.04. The first kappa shape index (κ1) is 12.6. The summed E-state index contributed by atoms with van der Waals surface area (Å²) < 4.78 is 13.5. The number of aryl methyl sites for hydroxylation is 2. The second-order valence-corrected chi connectivity index (χ2v) is 4.40. The zero-order valence-electron chi connectivity index (χ0n) is 9.96. The number of nitrogens with zero attached hydrogens (tertiary/aromatic N) is 2. The summed E-state index contributed by atoms with van der Waals surface area (Å²) in [6.07, 6.45) is 1.02. The SMILES string of the molecule is Cc1cc(C)c(Nc2nc(N)ncc2F)c(Cl)c1. The fraction of sp³-hybridized carbons (Fsp3) is 0.167. The number of aromatic nitrogens is 2. The monoisotopic (exact) mass is 266 g/mol. The summed E-state index contributed by atoms with van der Waals surface area (Å²) >= 11 is 6.12. The molecular formula is C12H12ClFN4. The molecule has 0 saturated carbocycles. The van der Waals surface area contributed by atoms with Crippen molar-refractivity contribution in [2.75, 3.05) is 11.1 Å². The molecule has 0 aliphatic heterocycles. The molecule has 0 aliphatic rings. The minimum atomic E-state index is -0.583. The van der Waals surface area contributed by atoms with E-state index >= 15 is 0 Å². The molecule has 6 heteroatoms. The van der Waals surface area contributed by atoms with Gasteiger partial charge in [0.15, 0.2) is 11.6 Å². The molecule has 0 aliphatic carbocycles. The first-order valence-electron chi connectivity index (χ1n) is 5.29. The van der Waals surface area contributed by atoms with Gasteiger partial charge in [-0.15, -0.1) is 0 Å². The number of halogens is 2. The van der Waals surface area contributed by atoms with Crippen molar-refractivity contribution in [3.8, 4) is 0 Å². The van der Waals surface area contributed by atoms with Gasteiger partial charge >= 0.3 is 0 Å². The van der Waals surface area contributed by atoms with Crippen LogP contribution in [0.2, 0.25) is 5.02 Å². The van der Waals surface area contributed by atoms with Gasteiger partial charge in [0.05, 0.1) is 16.9 Å². The molecule has 4 nitrogen and oxygen atoms in total. The highest BCUT2D eigenvalue weighted by molar-refractivity contribution is 6.33. The van der Waals surface area contributed by atoms with Crippen molar-refractivity contribution in [3.05, 3.63) is 40.3 Å². The minimum absolute atomic E-state index is 0.000197. The van der Waals surface area contributed by atoms with E-state index in [1.165, 1.54) is 0 Å². The van der Waals surface area contributed by atoms with Crippen LogP contribution >= 0.6 is 11.6 Å². The fourth-order valence-corrected chi connectivity index (χ4v) is 2.03. The summed E-state index contributed by atoms with van der Waals surface area (Å²) in [6.45, 7) is 3.82. The molecule has 0 unspecified atom stereocenters. The Morgan fingerprint density at radius 3 is 2.72 bits per heavy atom. The maximum atomic E-state index is 13.5. The largest absolute Gasteiger partial charge is 0.368 e. The smallest absolute Gasteiger partial charge is 0.222 e. The third-order valence-electron chi connectivity index (χ3n) is 2.44. The predicted octanol–water partition coefficient (Wildman–Crippen LogP) is 3.21. The number of hydrogen-bond donors (Lipinski definition) is 2. The second kappa shape index (κ2) is 4.78. The predicted molar refractivity (Wildman–Crippen MR) is 70.6 cm³/mol. The second-order valence-electron chi connectivity index (χ2n) is 3.99. The fourth-order valence-electron chi connectivity index (χ4n) is 1.66. The number of nitrogens with one attached hydrogen (secondary N) is 1. The summed E-state index contributed by atoms with van der Waals surface area (Å²) in [4.78, 5) is 7.35. The third-order valence-corrected chi connectivity index (χ3v) is 2.74. The van der Waals surface area contributed by atoms with Crippen molar-refractivity contribution in [1.82, 2.24) is 9.97 Å². The van der Waals surface area contributed by atoms with E-state index in [0.717, 1.165) is 17.3 Å². The molecule has 0 radical (unpaired) electrons. The summed E-state index contributed by atoms with van der Waals surface area (Å²) in [5.41, 5.74) is 7.96. The van der Waals surface area contributed by atoms with Crippen molar-refractivity contribution in [2.24, 2.45) is 0 Å². The first-order valence-corrected chi connectivity index (χ1v) is 5.67. The van der Waals surface area contributed by atoms with Crippen LogP contribution in [-0.2, 0) is 0 Å². The van der Waals surface area contributed by atoms with Crippen LogP contribution in [0.15, 0.2) is 18.3 Å². The topological polar surface area (TPSA) is 63.8 Å². The third kappa shape index (κ3) is 2.51. The number of rotatable bonds is 2. The zero-order valence-corrected chi connectivity index (χ0v) is 10.7. The van der Waals surface area contributed by atoms with Crippen molar-refractivity contribution >= 4 is 29.1 Å². The highest BCUT2D eigenvalue weighted by atomic mass is 35.5. The quantitative estimate of drug-likeness (QED) is 0.876. The lowest BCUT2D eigenvalue weighted by atomic mass is 10.1. The lowest BCUT2D eigenvalue weighted by Gasteiger charge is -2.12. The maximum absolute atomic E-state index is 13.5. The van der Waals surface area contributed by atoms with E-state index in [1.54, 1.807) is 6.07 Å². The van der Waals surface area contributed by atoms with Gasteiger partial charge in [-0.2, -0.15) is 4.98 Å². The Balaban J connectivity index is 2.43. The number of benzene rings is 1. The van der Waals surface area contributed by atoms with Crippen molar-refractivity contribution in [2.45, 2.75) is 13.8 Å². The molecule has 3 N–H and O–H groups in total. The molecule has 0 saturated heterocycles. The summed E-state index contributed by atoms with van der Waals surface area (Å²) in [5.74, 6) is -0.573. The van der Waals surface area contributed by atoms with Crippen LogP contribution in [0, 0.1) is 19.7 Å². The Kier molecular flexibility index (Phi) is 3.34.